The van der Waals surface area contributed by atoms with Crippen LogP contribution in [0.2, 0.25) is 5.02 Å². The highest BCUT2D eigenvalue weighted by Gasteiger charge is 2.17. The second-order valence-corrected chi connectivity index (χ2v) is 9.53. The number of rotatable bonds is 10. The molecule has 0 aliphatic carbocycles. The van der Waals surface area contributed by atoms with Gasteiger partial charge in [0.1, 0.15) is 17.0 Å². The molecule has 0 radical (unpaired) electrons. The molecule has 0 unspecified atom stereocenters. The minimum Gasteiger partial charge on any atom is -0.497 e. The molecule has 9 nitrogen and oxygen atoms in total. The lowest BCUT2D eigenvalue weighted by Gasteiger charge is -2.13. The largest absolute Gasteiger partial charge is 0.497 e. The molecule has 0 saturated carbocycles. The number of nitrogens with zero attached hydrogens (tertiary/aromatic N) is 2. The van der Waals surface area contributed by atoms with Crippen molar-refractivity contribution in [3.63, 3.8) is 0 Å². The van der Waals surface area contributed by atoms with E-state index < -0.39 is 17.2 Å². The van der Waals surface area contributed by atoms with Crippen molar-refractivity contribution in [1.82, 2.24) is 14.5 Å². The molecule has 2 amide bonds. The molecule has 4 aromatic rings. The molecule has 2 heterocycles. The van der Waals surface area contributed by atoms with Crippen LogP contribution in [0.3, 0.4) is 0 Å². The number of halogens is 1. The number of amides is 2. The number of aromatic nitrogens is 2. The Hall–Kier alpha value is -3.89. The Balaban J connectivity index is 1.44. The van der Waals surface area contributed by atoms with Crippen LogP contribution in [-0.2, 0) is 29.2 Å². The quantitative estimate of drug-likeness (QED) is 0.319. The maximum Gasteiger partial charge on any atom is 0.332 e. The summed E-state index contributed by atoms with van der Waals surface area (Å²) in [5, 5.41) is 7.78. The number of thiophene rings is 1. The summed E-state index contributed by atoms with van der Waals surface area (Å²) in [5.41, 5.74) is 0.746. The first-order valence-corrected chi connectivity index (χ1v) is 12.8. The number of anilines is 1. The fourth-order valence-corrected chi connectivity index (χ4v) is 4.86. The van der Waals surface area contributed by atoms with Crippen LogP contribution in [-0.4, -0.2) is 28.1 Å². The van der Waals surface area contributed by atoms with E-state index in [0.717, 1.165) is 10.1 Å². The van der Waals surface area contributed by atoms with Crippen molar-refractivity contribution in [2.45, 2.75) is 32.5 Å². The molecular formula is C26H25ClN4O5S. The summed E-state index contributed by atoms with van der Waals surface area (Å²) in [4.78, 5) is 51.2. The molecule has 37 heavy (non-hydrogen) atoms. The smallest absolute Gasteiger partial charge is 0.332 e. The minimum absolute atomic E-state index is 0.0444. The zero-order chi connectivity index (χ0) is 26.4. The predicted molar refractivity (Wildman–Crippen MR) is 145 cm³/mol. The number of fused-ring (bicyclic) bond motifs is 1. The minimum atomic E-state index is -0.598. The zero-order valence-electron chi connectivity index (χ0n) is 20.0. The van der Waals surface area contributed by atoms with Gasteiger partial charge in [0.15, 0.2) is 0 Å². The summed E-state index contributed by atoms with van der Waals surface area (Å²) >= 11 is 7.35. The topological polar surface area (TPSA) is 111 Å². The molecule has 11 heteroatoms. The monoisotopic (exact) mass is 540 g/mol. The third kappa shape index (κ3) is 6.28. The molecule has 0 aliphatic heterocycles. The van der Waals surface area contributed by atoms with Crippen molar-refractivity contribution in [3.8, 4) is 5.75 Å². The van der Waals surface area contributed by atoms with Crippen molar-refractivity contribution < 1.29 is 14.3 Å². The number of hydrogen-bond donors (Lipinski definition) is 2. The molecule has 2 aromatic heterocycles. The van der Waals surface area contributed by atoms with Gasteiger partial charge in [-0.1, -0.05) is 29.8 Å². The normalized spacial score (nSPS) is 10.9. The van der Waals surface area contributed by atoms with Crippen molar-refractivity contribution in [3.05, 3.63) is 91.4 Å². The number of ether oxygens (including phenoxy) is 1. The summed E-state index contributed by atoms with van der Waals surface area (Å²) in [6.45, 7) is 0.000516. The molecular weight excluding hydrogens is 516 g/mol. The Bertz CT molecular complexity index is 1540. The Morgan fingerprint density at radius 1 is 1.00 bits per heavy atom. The number of methoxy groups -OCH3 is 1. The van der Waals surface area contributed by atoms with E-state index in [0.29, 0.717) is 26.7 Å². The molecule has 0 bridgehead atoms. The van der Waals surface area contributed by atoms with Gasteiger partial charge in [-0.05, 0) is 53.8 Å². The van der Waals surface area contributed by atoms with Crippen LogP contribution in [0, 0.1) is 0 Å². The summed E-state index contributed by atoms with van der Waals surface area (Å²) in [5.74, 6) is 0.0449. The van der Waals surface area contributed by atoms with Crippen LogP contribution in [0.5, 0.6) is 5.75 Å². The second-order valence-electron chi connectivity index (χ2n) is 8.21. The molecule has 0 fully saturated rings. The molecule has 2 N–H and O–H groups in total. The third-order valence-electron chi connectivity index (χ3n) is 5.73. The van der Waals surface area contributed by atoms with Crippen LogP contribution < -0.4 is 26.6 Å². The van der Waals surface area contributed by atoms with E-state index in [2.05, 4.69) is 10.6 Å². The molecule has 0 spiro atoms. The first-order valence-electron chi connectivity index (χ1n) is 11.5. The van der Waals surface area contributed by atoms with Gasteiger partial charge in [-0.25, -0.2) is 4.79 Å². The van der Waals surface area contributed by atoms with Crippen LogP contribution in [0.25, 0.3) is 10.2 Å². The van der Waals surface area contributed by atoms with Crippen LogP contribution in [0.1, 0.15) is 18.4 Å². The summed E-state index contributed by atoms with van der Waals surface area (Å²) in [7, 11) is 1.56. The van der Waals surface area contributed by atoms with Gasteiger partial charge in [0.25, 0.3) is 5.56 Å². The summed E-state index contributed by atoms with van der Waals surface area (Å²) in [6.07, 6.45) is 0.380. The van der Waals surface area contributed by atoms with Gasteiger partial charge in [-0.15, -0.1) is 11.3 Å². The van der Waals surface area contributed by atoms with E-state index in [1.165, 1.54) is 15.9 Å². The lowest BCUT2D eigenvalue weighted by molar-refractivity contribution is -0.121. The Morgan fingerprint density at radius 2 is 1.76 bits per heavy atom. The van der Waals surface area contributed by atoms with Crippen LogP contribution in [0.15, 0.2) is 69.6 Å². The molecule has 2 aromatic carbocycles. The number of benzene rings is 2. The van der Waals surface area contributed by atoms with E-state index in [1.54, 1.807) is 61.0 Å². The van der Waals surface area contributed by atoms with Gasteiger partial charge < -0.3 is 15.4 Å². The highest BCUT2D eigenvalue weighted by molar-refractivity contribution is 7.17. The second kappa shape index (κ2) is 11.9. The van der Waals surface area contributed by atoms with Gasteiger partial charge in [-0.3, -0.25) is 23.5 Å². The first kappa shape index (κ1) is 26.2. The molecule has 192 valence electrons. The fourth-order valence-electron chi connectivity index (χ4n) is 3.81. The van der Waals surface area contributed by atoms with Gasteiger partial charge in [0.2, 0.25) is 11.8 Å². The van der Waals surface area contributed by atoms with Gasteiger partial charge in [0.05, 0.1) is 12.6 Å². The van der Waals surface area contributed by atoms with Crippen molar-refractivity contribution in [1.29, 1.82) is 0 Å². The Kier molecular flexibility index (Phi) is 8.42. The lowest BCUT2D eigenvalue weighted by Crippen LogP contribution is -2.42. The van der Waals surface area contributed by atoms with E-state index >= 15 is 0 Å². The van der Waals surface area contributed by atoms with Crippen LogP contribution in [0.4, 0.5) is 5.69 Å². The van der Waals surface area contributed by atoms with Crippen LogP contribution >= 0.6 is 22.9 Å². The van der Waals surface area contributed by atoms with Crippen molar-refractivity contribution in [2.24, 2.45) is 0 Å². The fraction of sp³-hybridized carbons (Fsp3) is 0.231. The van der Waals surface area contributed by atoms with E-state index in [1.807, 2.05) is 6.07 Å². The summed E-state index contributed by atoms with van der Waals surface area (Å²) in [6, 6.07) is 15.7. The third-order valence-corrected chi connectivity index (χ3v) is 6.99. The lowest BCUT2D eigenvalue weighted by atomic mass is 10.2. The van der Waals surface area contributed by atoms with Gasteiger partial charge in [0, 0.05) is 30.2 Å². The number of carbonyl (C=O) groups excluding carboxylic acids is 2. The maximum absolute atomic E-state index is 13.2. The van der Waals surface area contributed by atoms with E-state index in [-0.39, 0.29) is 38.4 Å². The van der Waals surface area contributed by atoms with Crippen molar-refractivity contribution >= 4 is 50.7 Å². The Labute approximate surface area is 221 Å². The zero-order valence-corrected chi connectivity index (χ0v) is 21.6. The van der Waals surface area contributed by atoms with Gasteiger partial charge in [-0.2, -0.15) is 0 Å². The van der Waals surface area contributed by atoms with Gasteiger partial charge >= 0.3 is 5.69 Å². The summed E-state index contributed by atoms with van der Waals surface area (Å²) < 4.78 is 7.85. The highest BCUT2D eigenvalue weighted by atomic mass is 35.5. The molecule has 0 saturated heterocycles. The first-order chi connectivity index (χ1) is 17.9. The maximum atomic E-state index is 13.2. The number of hydrogen-bond acceptors (Lipinski definition) is 6. The number of carbonyl (C=O) groups is 2. The average Bonchev–Trinajstić information content (AvgIpc) is 3.39. The van der Waals surface area contributed by atoms with E-state index in [4.69, 9.17) is 16.3 Å². The molecule has 0 atom stereocenters. The van der Waals surface area contributed by atoms with Crippen molar-refractivity contribution in [2.75, 3.05) is 12.4 Å². The number of nitrogens with one attached hydrogen (secondary N) is 2. The average molecular weight is 541 g/mol. The predicted octanol–water partition coefficient (Wildman–Crippen LogP) is 3.62. The highest BCUT2D eigenvalue weighted by Crippen LogP contribution is 2.17. The SMILES string of the molecule is COc1ccc(NC(=O)CCCn2c(=O)c3sccc3n(CC(=O)NCc3ccccc3Cl)c2=O)cc1. The van der Waals surface area contributed by atoms with E-state index in [9.17, 15) is 19.2 Å². The standard InChI is InChI=1S/C26H25ClN4O5S/c1-36-19-10-8-18(9-11-19)29-22(32)7-4-13-30-25(34)24-21(12-14-37-24)31(26(30)35)16-23(33)28-15-17-5-2-3-6-20(17)27/h2-3,5-6,8-12,14H,4,7,13,15-16H2,1H3,(H,28,33)(H,29,32). The Morgan fingerprint density at radius 3 is 2.49 bits per heavy atom. The molecule has 4 rings (SSSR count). The molecule has 0 aliphatic rings.